The fraction of sp³-hybridized carbons (Fsp3) is 0.130. The molecule has 1 N–H and O–H groups in total. The van der Waals surface area contributed by atoms with E-state index in [4.69, 9.17) is 0 Å². The number of benzene rings is 2. The lowest BCUT2D eigenvalue weighted by molar-refractivity contribution is 0.0950. The van der Waals surface area contributed by atoms with Crippen molar-refractivity contribution in [2.75, 3.05) is 0 Å². The highest BCUT2D eigenvalue weighted by Crippen LogP contribution is 2.14. The molecule has 2 aromatic heterocycles. The van der Waals surface area contributed by atoms with Crippen molar-refractivity contribution in [3.8, 4) is 0 Å². The average molecular weight is 384 g/mol. The van der Waals surface area contributed by atoms with E-state index < -0.39 is 0 Å². The summed E-state index contributed by atoms with van der Waals surface area (Å²) in [5, 5.41) is 8.79. The van der Waals surface area contributed by atoms with Crippen LogP contribution in [-0.4, -0.2) is 20.7 Å². The van der Waals surface area contributed by atoms with Gasteiger partial charge in [-0.25, -0.2) is 4.68 Å². The van der Waals surface area contributed by atoms with Gasteiger partial charge in [-0.15, -0.1) is 0 Å². The first-order chi connectivity index (χ1) is 14.1. The number of nitrogens with one attached hydrogen (secondary N) is 1. The van der Waals surface area contributed by atoms with Gasteiger partial charge < -0.3 is 5.32 Å². The minimum absolute atomic E-state index is 0.168. The normalized spacial score (nSPS) is 10.8. The van der Waals surface area contributed by atoms with Gasteiger partial charge in [0.15, 0.2) is 0 Å². The van der Waals surface area contributed by atoms with Gasteiger partial charge in [-0.1, -0.05) is 42.5 Å². The van der Waals surface area contributed by atoms with Crippen LogP contribution in [-0.2, 0) is 13.1 Å². The largest absolute Gasteiger partial charge is 0.346 e. The lowest BCUT2D eigenvalue weighted by Gasteiger charge is -2.12. The summed E-state index contributed by atoms with van der Waals surface area (Å²) in [6, 6.07) is 18.5. The van der Waals surface area contributed by atoms with Crippen molar-refractivity contribution in [2.24, 2.45) is 0 Å². The Kier molecular flexibility index (Phi) is 5.16. The van der Waals surface area contributed by atoms with E-state index in [0.29, 0.717) is 23.2 Å². The molecule has 1 amide bonds. The standard InChI is InChI=1S/C23H20N4O2/c1-16-7-2-3-9-18(16)22(28)25-14-21-19-10-4-5-11-20(19)23(29)27(26-21)15-17-8-6-12-24-13-17/h2-13H,14-15H2,1H3,(H,25,28). The number of rotatable bonds is 5. The van der Waals surface area contributed by atoms with Gasteiger partial charge in [0, 0.05) is 23.3 Å². The lowest BCUT2D eigenvalue weighted by Crippen LogP contribution is -2.29. The summed E-state index contributed by atoms with van der Waals surface area (Å²) in [7, 11) is 0. The summed E-state index contributed by atoms with van der Waals surface area (Å²) in [4.78, 5) is 29.6. The number of nitrogens with zero attached hydrogens (tertiary/aromatic N) is 3. The van der Waals surface area contributed by atoms with E-state index in [2.05, 4.69) is 15.4 Å². The molecule has 0 atom stereocenters. The molecular weight excluding hydrogens is 364 g/mol. The second kappa shape index (κ2) is 8.06. The van der Waals surface area contributed by atoms with Crippen molar-refractivity contribution >= 4 is 16.7 Å². The molecule has 2 heterocycles. The van der Waals surface area contributed by atoms with Gasteiger partial charge in [0.25, 0.3) is 11.5 Å². The van der Waals surface area contributed by atoms with Gasteiger partial charge in [-0.3, -0.25) is 14.6 Å². The van der Waals surface area contributed by atoms with Crippen LogP contribution in [0.15, 0.2) is 77.9 Å². The molecule has 4 rings (SSSR count). The van der Waals surface area contributed by atoms with Gasteiger partial charge in [-0.05, 0) is 36.2 Å². The number of hydrogen-bond donors (Lipinski definition) is 1. The zero-order chi connectivity index (χ0) is 20.2. The first-order valence-corrected chi connectivity index (χ1v) is 9.35. The van der Waals surface area contributed by atoms with Crippen LogP contribution in [0.3, 0.4) is 0 Å². The molecule has 0 radical (unpaired) electrons. The second-order valence-electron chi connectivity index (χ2n) is 6.81. The SMILES string of the molecule is Cc1ccccc1C(=O)NCc1nn(Cc2cccnc2)c(=O)c2ccccc12. The summed E-state index contributed by atoms with van der Waals surface area (Å²) in [5.41, 5.74) is 2.89. The lowest BCUT2D eigenvalue weighted by atomic mass is 10.1. The van der Waals surface area contributed by atoms with E-state index in [1.807, 2.05) is 55.5 Å². The van der Waals surface area contributed by atoms with Crippen LogP contribution >= 0.6 is 0 Å². The van der Waals surface area contributed by atoms with Crippen LogP contribution in [0.4, 0.5) is 0 Å². The van der Waals surface area contributed by atoms with Crippen LogP contribution in [0, 0.1) is 6.92 Å². The molecule has 144 valence electrons. The molecule has 0 fully saturated rings. The molecule has 2 aromatic carbocycles. The Morgan fingerprint density at radius 2 is 1.76 bits per heavy atom. The molecule has 4 aromatic rings. The highest BCUT2D eigenvalue weighted by molar-refractivity contribution is 5.95. The van der Waals surface area contributed by atoms with Crippen LogP contribution in [0.2, 0.25) is 0 Å². The van der Waals surface area contributed by atoms with E-state index in [-0.39, 0.29) is 18.0 Å². The Morgan fingerprint density at radius 1 is 1.00 bits per heavy atom. The van der Waals surface area contributed by atoms with E-state index >= 15 is 0 Å². The van der Waals surface area contributed by atoms with Crippen LogP contribution in [0.1, 0.15) is 27.2 Å². The third-order valence-electron chi connectivity index (χ3n) is 4.81. The van der Waals surface area contributed by atoms with Crippen molar-refractivity contribution in [3.63, 3.8) is 0 Å². The highest BCUT2D eigenvalue weighted by Gasteiger charge is 2.13. The fourth-order valence-corrected chi connectivity index (χ4v) is 3.29. The molecule has 0 saturated heterocycles. The number of fused-ring (bicyclic) bond motifs is 1. The van der Waals surface area contributed by atoms with Crippen LogP contribution in [0.25, 0.3) is 10.8 Å². The maximum atomic E-state index is 12.9. The number of pyridine rings is 1. The van der Waals surface area contributed by atoms with Crippen LogP contribution < -0.4 is 10.9 Å². The van der Waals surface area contributed by atoms with Gasteiger partial charge in [0.2, 0.25) is 0 Å². The van der Waals surface area contributed by atoms with E-state index in [0.717, 1.165) is 16.5 Å². The molecule has 0 bridgehead atoms. The monoisotopic (exact) mass is 384 g/mol. The Balaban J connectivity index is 1.68. The van der Waals surface area contributed by atoms with E-state index in [9.17, 15) is 9.59 Å². The van der Waals surface area contributed by atoms with Crippen molar-refractivity contribution in [1.29, 1.82) is 0 Å². The number of carbonyl (C=O) groups excluding carboxylic acids is 1. The molecule has 0 unspecified atom stereocenters. The minimum atomic E-state index is -0.168. The summed E-state index contributed by atoms with van der Waals surface area (Å²) in [5.74, 6) is -0.168. The van der Waals surface area contributed by atoms with Gasteiger partial charge in [-0.2, -0.15) is 5.10 Å². The maximum absolute atomic E-state index is 12.9. The zero-order valence-corrected chi connectivity index (χ0v) is 16.0. The second-order valence-corrected chi connectivity index (χ2v) is 6.81. The maximum Gasteiger partial charge on any atom is 0.274 e. The van der Waals surface area contributed by atoms with E-state index in [1.54, 1.807) is 24.5 Å². The first kappa shape index (κ1) is 18.6. The third-order valence-corrected chi connectivity index (χ3v) is 4.81. The highest BCUT2D eigenvalue weighted by atomic mass is 16.1. The molecule has 0 aliphatic rings. The summed E-state index contributed by atoms with van der Waals surface area (Å²) in [6.45, 7) is 2.44. The van der Waals surface area contributed by atoms with Crippen molar-refractivity contribution in [3.05, 3.63) is 106 Å². The van der Waals surface area contributed by atoms with Gasteiger partial charge in [0.05, 0.1) is 24.2 Å². The molecule has 0 spiro atoms. The average Bonchev–Trinajstić information content (AvgIpc) is 2.76. The smallest absolute Gasteiger partial charge is 0.274 e. The number of carbonyl (C=O) groups is 1. The third kappa shape index (κ3) is 3.91. The molecular formula is C23H20N4O2. The van der Waals surface area contributed by atoms with Gasteiger partial charge >= 0.3 is 0 Å². The predicted molar refractivity (Wildman–Crippen MR) is 112 cm³/mol. The Bertz CT molecular complexity index is 1230. The number of aromatic nitrogens is 3. The van der Waals surface area contributed by atoms with Crippen molar-refractivity contribution < 1.29 is 4.79 Å². The summed E-state index contributed by atoms with van der Waals surface area (Å²) < 4.78 is 1.43. The number of hydrogen-bond acceptors (Lipinski definition) is 4. The van der Waals surface area contributed by atoms with Crippen LogP contribution in [0.5, 0.6) is 0 Å². The molecule has 0 aliphatic heterocycles. The molecule has 6 nitrogen and oxygen atoms in total. The van der Waals surface area contributed by atoms with Gasteiger partial charge in [0.1, 0.15) is 0 Å². The molecule has 6 heteroatoms. The Hall–Kier alpha value is -3.80. The van der Waals surface area contributed by atoms with Crippen molar-refractivity contribution in [1.82, 2.24) is 20.1 Å². The summed E-state index contributed by atoms with van der Waals surface area (Å²) >= 11 is 0. The quantitative estimate of drug-likeness (QED) is 0.574. The minimum Gasteiger partial charge on any atom is -0.346 e. The van der Waals surface area contributed by atoms with Crippen molar-refractivity contribution in [2.45, 2.75) is 20.0 Å². The number of amides is 1. The number of aryl methyl sites for hydroxylation is 1. The Labute approximate surface area is 167 Å². The summed E-state index contributed by atoms with van der Waals surface area (Å²) in [6.07, 6.45) is 3.40. The molecule has 29 heavy (non-hydrogen) atoms. The zero-order valence-electron chi connectivity index (χ0n) is 16.0. The topological polar surface area (TPSA) is 76.9 Å². The fourth-order valence-electron chi connectivity index (χ4n) is 3.29. The Morgan fingerprint density at radius 3 is 2.52 bits per heavy atom. The predicted octanol–water partition coefficient (Wildman–Crippen LogP) is 3.08. The molecule has 0 aliphatic carbocycles. The van der Waals surface area contributed by atoms with E-state index in [1.165, 1.54) is 4.68 Å². The molecule has 0 saturated carbocycles. The first-order valence-electron chi connectivity index (χ1n) is 9.35.